The Hall–Kier alpha value is -1.79. The van der Waals surface area contributed by atoms with E-state index >= 15 is 0 Å². The molecule has 0 aliphatic rings. The van der Waals surface area contributed by atoms with Gasteiger partial charge in [-0.2, -0.15) is 0 Å². The van der Waals surface area contributed by atoms with Crippen LogP contribution in [0.2, 0.25) is 0 Å². The fourth-order valence-electron chi connectivity index (χ4n) is 1.69. The number of rotatable bonds is 7. The third-order valence-corrected chi connectivity index (χ3v) is 2.78. The van der Waals surface area contributed by atoms with Crippen molar-refractivity contribution in [1.82, 2.24) is 5.32 Å². The minimum Gasteiger partial charge on any atom is -0.504 e. The van der Waals surface area contributed by atoms with E-state index < -0.39 is 17.7 Å². The Morgan fingerprint density at radius 3 is 2.58 bits per heavy atom. The number of carbonyl (C=O) groups excluding carboxylic acids is 1. The lowest BCUT2D eigenvalue weighted by atomic mass is 10.1. The average Bonchev–Trinajstić information content (AvgIpc) is 2.40. The number of carbonyl (C=O) groups is 1. The Bertz CT molecular complexity index is 421. The summed E-state index contributed by atoms with van der Waals surface area (Å²) in [6, 6.07) is 3.66. The molecule has 0 fully saturated rings. The highest BCUT2D eigenvalue weighted by molar-refractivity contribution is 5.97. The molecule has 0 unspecified atom stereocenters. The number of aliphatic hydroxyl groups is 2. The van der Waals surface area contributed by atoms with Crippen molar-refractivity contribution in [3.63, 3.8) is 0 Å². The number of hydrogen-bond acceptors (Lipinski definition) is 5. The molecule has 0 saturated heterocycles. The molecule has 19 heavy (non-hydrogen) atoms. The summed E-state index contributed by atoms with van der Waals surface area (Å²) in [7, 11) is 0. The van der Waals surface area contributed by atoms with Crippen molar-refractivity contribution in [2.24, 2.45) is 0 Å². The van der Waals surface area contributed by atoms with E-state index in [-0.39, 0.29) is 24.5 Å². The van der Waals surface area contributed by atoms with E-state index in [4.69, 9.17) is 10.2 Å². The van der Waals surface area contributed by atoms with E-state index in [1.807, 2.05) is 0 Å². The highest BCUT2D eigenvalue weighted by Crippen LogP contribution is 2.28. The fourth-order valence-corrected chi connectivity index (χ4v) is 1.69. The van der Waals surface area contributed by atoms with E-state index in [0.29, 0.717) is 19.3 Å². The van der Waals surface area contributed by atoms with Crippen LogP contribution in [0.3, 0.4) is 0 Å². The van der Waals surface area contributed by atoms with Gasteiger partial charge in [0.15, 0.2) is 11.5 Å². The number of hydrogen-bond donors (Lipinski definition) is 5. The van der Waals surface area contributed by atoms with Gasteiger partial charge in [-0.25, -0.2) is 0 Å². The molecule has 5 N–H and O–H groups in total. The van der Waals surface area contributed by atoms with Crippen LogP contribution in [0.15, 0.2) is 18.2 Å². The summed E-state index contributed by atoms with van der Waals surface area (Å²) in [5.41, 5.74) is -0.0411. The molecule has 6 nitrogen and oxygen atoms in total. The molecule has 0 radical (unpaired) electrons. The first kappa shape index (κ1) is 15.3. The first-order chi connectivity index (χ1) is 9.10. The van der Waals surface area contributed by atoms with Gasteiger partial charge in [0.05, 0.1) is 18.2 Å². The molecule has 1 amide bonds. The maximum absolute atomic E-state index is 11.9. The SMILES string of the molecule is O=C(N[C@@H](CO)CCCCO)c1cccc(O)c1O. The molecule has 1 aromatic carbocycles. The molecule has 0 bridgehead atoms. The highest BCUT2D eigenvalue weighted by Gasteiger charge is 2.17. The zero-order valence-electron chi connectivity index (χ0n) is 10.5. The number of phenolic OH excluding ortho intramolecular Hbond substituents is 2. The molecule has 1 aromatic rings. The Balaban J connectivity index is 2.64. The molecule has 6 heteroatoms. The van der Waals surface area contributed by atoms with Crippen molar-refractivity contribution in [2.75, 3.05) is 13.2 Å². The summed E-state index contributed by atoms with van der Waals surface area (Å²) in [6.07, 6.45) is 1.81. The second kappa shape index (κ2) is 7.60. The Kier molecular flexibility index (Phi) is 6.11. The molecule has 0 aromatic heterocycles. The topological polar surface area (TPSA) is 110 Å². The van der Waals surface area contributed by atoms with Gasteiger partial charge in [0.25, 0.3) is 5.91 Å². The van der Waals surface area contributed by atoms with E-state index in [0.717, 1.165) is 0 Å². The average molecular weight is 269 g/mol. The molecule has 0 heterocycles. The second-order valence-corrected chi connectivity index (χ2v) is 4.25. The number of aromatic hydroxyl groups is 2. The first-order valence-corrected chi connectivity index (χ1v) is 6.13. The van der Waals surface area contributed by atoms with Crippen LogP contribution in [0.1, 0.15) is 29.6 Å². The van der Waals surface area contributed by atoms with Crippen molar-refractivity contribution in [1.29, 1.82) is 0 Å². The third-order valence-electron chi connectivity index (χ3n) is 2.78. The largest absolute Gasteiger partial charge is 0.504 e. The van der Waals surface area contributed by atoms with Gasteiger partial charge in [-0.3, -0.25) is 4.79 Å². The van der Waals surface area contributed by atoms with Gasteiger partial charge >= 0.3 is 0 Å². The molecule has 1 atom stereocenters. The minimum absolute atomic E-state index is 0.0411. The Labute approximate surface area is 111 Å². The van der Waals surface area contributed by atoms with Crippen LogP contribution >= 0.6 is 0 Å². The van der Waals surface area contributed by atoms with Gasteiger partial charge in [-0.05, 0) is 31.4 Å². The smallest absolute Gasteiger partial charge is 0.255 e. The first-order valence-electron chi connectivity index (χ1n) is 6.13. The van der Waals surface area contributed by atoms with E-state index in [9.17, 15) is 15.0 Å². The normalized spacial score (nSPS) is 12.1. The molecule has 0 aliphatic carbocycles. The molecule has 0 saturated carbocycles. The van der Waals surface area contributed by atoms with Crippen LogP contribution < -0.4 is 5.32 Å². The van der Waals surface area contributed by atoms with Crippen LogP contribution in [0.5, 0.6) is 11.5 Å². The van der Waals surface area contributed by atoms with Crippen LogP contribution in [0.4, 0.5) is 0 Å². The summed E-state index contributed by atoms with van der Waals surface area (Å²) in [4.78, 5) is 11.9. The van der Waals surface area contributed by atoms with Gasteiger partial charge in [-0.1, -0.05) is 6.07 Å². The summed E-state index contributed by atoms with van der Waals surface area (Å²) in [5, 5.41) is 39.3. The second-order valence-electron chi connectivity index (χ2n) is 4.25. The van der Waals surface area contributed by atoms with Crippen LogP contribution in [-0.2, 0) is 0 Å². The number of benzene rings is 1. The third kappa shape index (κ3) is 4.42. The highest BCUT2D eigenvalue weighted by atomic mass is 16.3. The van der Waals surface area contributed by atoms with E-state index in [2.05, 4.69) is 5.32 Å². The number of unbranched alkanes of at least 4 members (excludes halogenated alkanes) is 1. The standard InChI is InChI=1S/C13H19NO5/c15-7-2-1-4-9(8-16)14-13(19)10-5-3-6-11(17)12(10)18/h3,5-6,9,15-18H,1-2,4,7-8H2,(H,14,19)/t9-/m1/s1. The molecule has 0 spiro atoms. The Morgan fingerprint density at radius 1 is 1.21 bits per heavy atom. The van der Waals surface area contributed by atoms with Gasteiger partial charge < -0.3 is 25.7 Å². The maximum Gasteiger partial charge on any atom is 0.255 e. The van der Waals surface area contributed by atoms with Crippen molar-refractivity contribution in [3.8, 4) is 11.5 Å². The lowest BCUT2D eigenvalue weighted by molar-refractivity contribution is 0.0908. The quantitative estimate of drug-likeness (QED) is 0.362. The monoisotopic (exact) mass is 269 g/mol. The van der Waals surface area contributed by atoms with Gasteiger partial charge in [0, 0.05) is 6.61 Å². The fraction of sp³-hybridized carbons (Fsp3) is 0.462. The lowest BCUT2D eigenvalue weighted by Crippen LogP contribution is -2.37. The van der Waals surface area contributed by atoms with Crippen LogP contribution in [0.25, 0.3) is 0 Å². The van der Waals surface area contributed by atoms with Gasteiger partial charge in [0.2, 0.25) is 0 Å². The van der Waals surface area contributed by atoms with Gasteiger partial charge in [0.1, 0.15) is 0 Å². The van der Waals surface area contributed by atoms with Crippen molar-refractivity contribution < 1.29 is 25.2 Å². The summed E-state index contributed by atoms with van der Waals surface area (Å²) >= 11 is 0. The number of phenols is 2. The number of aliphatic hydroxyl groups excluding tert-OH is 2. The minimum atomic E-state index is -0.559. The van der Waals surface area contributed by atoms with E-state index in [1.165, 1.54) is 18.2 Å². The molecule has 106 valence electrons. The number of para-hydroxylation sites is 1. The zero-order valence-corrected chi connectivity index (χ0v) is 10.5. The summed E-state index contributed by atoms with van der Waals surface area (Å²) in [5.74, 6) is -1.41. The maximum atomic E-state index is 11.9. The molecule has 1 rings (SSSR count). The summed E-state index contributed by atoms with van der Waals surface area (Å²) in [6.45, 7) is -0.157. The van der Waals surface area contributed by atoms with Crippen molar-refractivity contribution in [3.05, 3.63) is 23.8 Å². The number of amides is 1. The molecular weight excluding hydrogens is 250 g/mol. The predicted molar refractivity (Wildman–Crippen MR) is 69.0 cm³/mol. The van der Waals surface area contributed by atoms with Crippen molar-refractivity contribution >= 4 is 5.91 Å². The lowest BCUT2D eigenvalue weighted by Gasteiger charge is -2.16. The molecular formula is C13H19NO5. The van der Waals surface area contributed by atoms with Crippen molar-refractivity contribution in [2.45, 2.75) is 25.3 Å². The molecule has 0 aliphatic heterocycles. The number of nitrogens with one attached hydrogen (secondary N) is 1. The predicted octanol–water partition coefficient (Wildman–Crippen LogP) is 0.351. The van der Waals surface area contributed by atoms with Gasteiger partial charge in [-0.15, -0.1) is 0 Å². The van der Waals surface area contributed by atoms with E-state index in [1.54, 1.807) is 0 Å². The summed E-state index contributed by atoms with van der Waals surface area (Å²) < 4.78 is 0. The van der Waals surface area contributed by atoms with Crippen LogP contribution in [-0.4, -0.2) is 45.6 Å². The zero-order chi connectivity index (χ0) is 14.3. The van der Waals surface area contributed by atoms with Crippen LogP contribution in [0, 0.1) is 0 Å². The Morgan fingerprint density at radius 2 is 1.95 bits per heavy atom.